The first kappa shape index (κ1) is 16.8. The van der Waals surface area contributed by atoms with Crippen molar-refractivity contribution in [2.75, 3.05) is 12.4 Å². The number of para-hydroxylation sites is 2. The third-order valence-electron chi connectivity index (χ3n) is 4.00. The Morgan fingerprint density at radius 2 is 1.76 bits per heavy atom. The van der Waals surface area contributed by atoms with Crippen LogP contribution < -0.4 is 10.1 Å². The van der Waals surface area contributed by atoms with Crippen molar-refractivity contribution in [1.82, 2.24) is 4.57 Å². The minimum absolute atomic E-state index is 0.146. The number of rotatable bonds is 6. The lowest BCUT2D eigenvalue weighted by Gasteiger charge is -2.20. The lowest BCUT2D eigenvalue weighted by molar-refractivity contribution is -0.116. The summed E-state index contributed by atoms with van der Waals surface area (Å²) in [5.41, 5.74) is 1.49. The van der Waals surface area contributed by atoms with Gasteiger partial charge in [-0.1, -0.05) is 24.3 Å². The molecule has 1 aromatic heterocycles. The third kappa shape index (κ3) is 4.07. The molecule has 0 aliphatic heterocycles. The van der Waals surface area contributed by atoms with Gasteiger partial charge in [0.15, 0.2) is 0 Å². The Balaban J connectivity index is 1.80. The first-order chi connectivity index (χ1) is 12.2. The van der Waals surface area contributed by atoms with E-state index in [2.05, 4.69) is 5.32 Å². The van der Waals surface area contributed by atoms with E-state index < -0.39 is 0 Å². The van der Waals surface area contributed by atoms with E-state index in [0.717, 1.165) is 5.56 Å². The molecule has 1 atom stereocenters. The van der Waals surface area contributed by atoms with Crippen LogP contribution in [0.4, 0.5) is 10.1 Å². The van der Waals surface area contributed by atoms with Gasteiger partial charge in [-0.15, -0.1) is 0 Å². The number of amides is 1. The van der Waals surface area contributed by atoms with Gasteiger partial charge in [0.05, 0.1) is 25.3 Å². The first-order valence-corrected chi connectivity index (χ1v) is 7.98. The van der Waals surface area contributed by atoms with Crippen LogP contribution in [0, 0.1) is 5.82 Å². The number of benzene rings is 2. The smallest absolute Gasteiger partial charge is 0.226 e. The van der Waals surface area contributed by atoms with Crippen LogP contribution in [0.1, 0.15) is 18.0 Å². The molecule has 0 aliphatic carbocycles. The van der Waals surface area contributed by atoms with Gasteiger partial charge in [-0.05, 0) is 42.0 Å². The maximum absolute atomic E-state index is 13.2. The summed E-state index contributed by atoms with van der Waals surface area (Å²) in [6.45, 7) is 0. The van der Waals surface area contributed by atoms with E-state index in [-0.39, 0.29) is 24.2 Å². The summed E-state index contributed by atoms with van der Waals surface area (Å²) in [5, 5.41) is 2.88. The topological polar surface area (TPSA) is 43.3 Å². The second kappa shape index (κ2) is 7.66. The maximum atomic E-state index is 13.2. The number of hydrogen-bond donors (Lipinski definition) is 1. The molecule has 0 fully saturated rings. The van der Waals surface area contributed by atoms with Crippen LogP contribution in [-0.2, 0) is 4.79 Å². The predicted molar refractivity (Wildman–Crippen MR) is 95.2 cm³/mol. The molecule has 0 aliphatic rings. The minimum Gasteiger partial charge on any atom is -0.495 e. The second-order valence-electron chi connectivity index (χ2n) is 5.65. The Morgan fingerprint density at radius 1 is 1.08 bits per heavy atom. The number of methoxy groups -OCH3 is 1. The van der Waals surface area contributed by atoms with E-state index in [9.17, 15) is 9.18 Å². The average molecular weight is 338 g/mol. The number of nitrogens with zero attached hydrogens (tertiary/aromatic N) is 1. The number of halogens is 1. The Bertz CT molecular complexity index is 829. The SMILES string of the molecule is COc1ccccc1NC(=O)C[C@H](c1ccc(F)cc1)n1cccc1. The summed E-state index contributed by atoms with van der Waals surface area (Å²) in [6, 6.07) is 17.1. The molecule has 4 nitrogen and oxygen atoms in total. The van der Waals surface area contributed by atoms with E-state index in [1.54, 1.807) is 31.4 Å². The molecule has 1 N–H and O–H groups in total. The highest BCUT2D eigenvalue weighted by Gasteiger charge is 2.18. The number of anilines is 1. The number of aromatic nitrogens is 1. The van der Waals surface area contributed by atoms with Gasteiger partial charge in [-0.2, -0.15) is 0 Å². The van der Waals surface area contributed by atoms with Crippen molar-refractivity contribution in [2.45, 2.75) is 12.5 Å². The number of ether oxygens (including phenoxy) is 1. The molecule has 0 unspecified atom stereocenters. The molecule has 128 valence electrons. The van der Waals surface area contributed by atoms with Crippen LogP contribution in [0.3, 0.4) is 0 Å². The van der Waals surface area contributed by atoms with Gasteiger partial charge in [0.25, 0.3) is 0 Å². The summed E-state index contributed by atoms with van der Waals surface area (Å²) < 4.78 is 20.4. The van der Waals surface area contributed by atoms with Crippen molar-refractivity contribution < 1.29 is 13.9 Å². The summed E-state index contributed by atoms with van der Waals surface area (Å²) in [5.74, 6) is 0.163. The zero-order valence-corrected chi connectivity index (χ0v) is 13.9. The fourth-order valence-corrected chi connectivity index (χ4v) is 2.76. The third-order valence-corrected chi connectivity index (χ3v) is 4.00. The molecule has 0 radical (unpaired) electrons. The molecule has 3 rings (SSSR count). The number of hydrogen-bond acceptors (Lipinski definition) is 2. The summed E-state index contributed by atoms with van der Waals surface area (Å²) in [4.78, 5) is 12.6. The zero-order valence-electron chi connectivity index (χ0n) is 13.9. The van der Waals surface area contributed by atoms with Crippen molar-refractivity contribution in [3.8, 4) is 5.75 Å². The maximum Gasteiger partial charge on any atom is 0.226 e. The number of nitrogens with one attached hydrogen (secondary N) is 1. The van der Waals surface area contributed by atoms with Gasteiger partial charge >= 0.3 is 0 Å². The van der Waals surface area contributed by atoms with Gasteiger partial charge in [-0.3, -0.25) is 4.79 Å². The molecular weight excluding hydrogens is 319 g/mol. The quantitative estimate of drug-likeness (QED) is 0.730. The van der Waals surface area contributed by atoms with Gasteiger partial charge in [0.2, 0.25) is 5.91 Å². The summed E-state index contributed by atoms with van der Waals surface area (Å²) in [6.07, 6.45) is 4.01. The average Bonchev–Trinajstić information content (AvgIpc) is 3.15. The Hall–Kier alpha value is -3.08. The molecule has 1 amide bonds. The van der Waals surface area contributed by atoms with Gasteiger partial charge in [0.1, 0.15) is 11.6 Å². The molecule has 1 heterocycles. The van der Waals surface area contributed by atoms with Crippen molar-refractivity contribution in [2.24, 2.45) is 0 Å². The van der Waals surface area contributed by atoms with Gasteiger partial charge < -0.3 is 14.6 Å². The van der Waals surface area contributed by atoms with E-state index in [4.69, 9.17) is 4.74 Å². The monoisotopic (exact) mass is 338 g/mol. The number of carbonyl (C=O) groups is 1. The molecule has 3 aromatic rings. The standard InChI is InChI=1S/C20H19FN2O2/c1-25-19-7-3-2-6-17(19)22-20(24)14-18(23-12-4-5-13-23)15-8-10-16(21)11-9-15/h2-13,18H,14H2,1H3,(H,22,24)/t18-/m1/s1. The van der Waals surface area contributed by atoms with Crippen LogP contribution >= 0.6 is 0 Å². The normalized spacial score (nSPS) is 11.8. The van der Waals surface area contributed by atoms with Crippen molar-refractivity contribution in [1.29, 1.82) is 0 Å². The predicted octanol–water partition coefficient (Wildman–Crippen LogP) is 4.25. The lowest BCUT2D eigenvalue weighted by atomic mass is 10.0. The van der Waals surface area contributed by atoms with Crippen molar-refractivity contribution in [3.05, 3.63) is 84.4 Å². The van der Waals surface area contributed by atoms with Crippen LogP contribution in [0.5, 0.6) is 5.75 Å². The molecule has 0 saturated carbocycles. The highest BCUT2D eigenvalue weighted by molar-refractivity contribution is 5.92. The molecule has 0 bridgehead atoms. The lowest BCUT2D eigenvalue weighted by Crippen LogP contribution is -2.20. The Kier molecular flexibility index (Phi) is 5.14. The van der Waals surface area contributed by atoms with Gasteiger partial charge in [0, 0.05) is 12.4 Å². The van der Waals surface area contributed by atoms with E-state index >= 15 is 0 Å². The van der Waals surface area contributed by atoms with Crippen LogP contribution in [0.25, 0.3) is 0 Å². The van der Waals surface area contributed by atoms with E-state index in [0.29, 0.717) is 11.4 Å². The summed E-state index contributed by atoms with van der Waals surface area (Å²) in [7, 11) is 1.56. The highest BCUT2D eigenvalue weighted by atomic mass is 19.1. The molecule has 5 heteroatoms. The fourth-order valence-electron chi connectivity index (χ4n) is 2.76. The van der Waals surface area contributed by atoms with Crippen LogP contribution in [0.15, 0.2) is 73.1 Å². The molecule has 0 saturated heterocycles. The molecular formula is C20H19FN2O2. The molecule has 0 spiro atoms. The molecule has 25 heavy (non-hydrogen) atoms. The van der Waals surface area contributed by atoms with Crippen LogP contribution in [-0.4, -0.2) is 17.6 Å². The minimum atomic E-state index is -0.298. The zero-order chi connectivity index (χ0) is 17.6. The van der Waals surface area contributed by atoms with Crippen molar-refractivity contribution in [3.63, 3.8) is 0 Å². The van der Waals surface area contributed by atoms with Crippen molar-refractivity contribution >= 4 is 11.6 Å². The summed E-state index contributed by atoms with van der Waals surface area (Å²) >= 11 is 0. The number of carbonyl (C=O) groups excluding carboxylic acids is 1. The Labute approximate surface area is 145 Å². The second-order valence-corrected chi connectivity index (χ2v) is 5.65. The molecule has 2 aromatic carbocycles. The fraction of sp³-hybridized carbons (Fsp3) is 0.150. The largest absolute Gasteiger partial charge is 0.495 e. The van der Waals surface area contributed by atoms with E-state index in [1.165, 1.54) is 12.1 Å². The van der Waals surface area contributed by atoms with E-state index in [1.807, 2.05) is 41.2 Å². The highest BCUT2D eigenvalue weighted by Crippen LogP contribution is 2.26. The first-order valence-electron chi connectivity index (χ1n) is 7.98. The van der Waals surface area contributed by atoms with Crippen LogP contribution in [0.2, 0.25) is 0 Å². The Morgan fingerprint density at radius 3 is 2.44 bits per heavy atom. The van der Waals surface area contributed by atoms with Gasteiger partial charge in [-0.25, -0.2) is 4.39 Å².